The van der Waals surface area contributed by atoms with E-state index in [4.69, 9.17) is 14.5 Å². The molecule has 1 aromatic heterocycles. The van der Waals surface area contributed by atoms with Gasteiger partial charge in [-0.25, -0.2) is 0 Å². The number of hydrogen-bond acceptors (Lipinski definition) is 5. The van der Waals surface area contributed by atoms with Crippen LogP contribution in [0.1, 0.15) is 36.1 Å². The maximum atomic E-state index is 10.1. The van der Waals surface area contributed by atoms with Crippen LogP contribution in [0.5, 0.6) is 11.5 Å². The Labute approximate surface area is 201 Å². The van der Waals surface area contributed by atoms with E-state index in [0.717, 1.165) is 58.0 Å². The fourth-order valence-electron chi connectivity index (χ4n) is 5.95. The molecule has 172 valence electrons. The van der Waals surface area contributed by atoms with E-state index >= 15 is 0 Å². The first-order chi connectivity index (χ1) is 16.7. The third-order valence-electron chi connectivity index (χ3n) is 7.70. The zero-order valence-corrected chi connectivity index (χ0v) is 19.6. The Bertz CT molecular complexity index is 1270. The zero-order valence-electron chi connectivity index (χ0n) is 19.6. The minimum Gasteiger partial charge on any atom is -0.486 e. The molecule has 2 atom stereocenters. The molecule has 0 bridgehead atoms. The molecule has 3 aromatic rings. The second-order valence-electron chi connectivity index (χ2n) is 9.78. The smallest absolute Gasteiger partial charge is 0.161 e. The number of aryl methyl sites for hydroxylation is 1. The van der Waals surface area contributed by atoms with Crippen molar-refractivity contribution in [3.63, 3.8) is 0 Å². The zero-order chi connectivity index (χ0) is 23.1. The van der Waals surface area contributed by atoms with Crippen molar-refractivity contribution in [2.24, 2.45) is 11.8 Å². The molecule has 2 aromatic carbocycles. The first-order valence-electron chi connectivity index (χ1n) is 12.3. The van der Waals surface area contributed by atoms with Crippen LogP contribution in [0.2, 0.25) is 0 Å². The number of rotatable bonds is 4. The molecule has 1 saturated carbocycles. The highest BCUT2D eigenvalue weighted by Crippen LogP contribution is 2.39. The Balaban J connectivity index is 1.29. The summed E-state index contributed by atoms with van der Waals surface area (Å²) < 4.78 is 11.4. The van der Waals surface area contributed by atoms with E-state index in [2.05, 4.69) is 30.0 Å². The van der Waals surface area contributed by atoms with Crippen molar-refractivity contribution in [3.8, 4) is 40.0 Å². The Kier molecular flexibility index (Phi) is 5.47. The van der Waals surface area contributed by atoms with Gasteiger partial charge in [-0.2, -0.15) is 5.26 Å². The van der Waals surface area contributed by atoms with Gasteiger partial charge in [0.15, 0.2) is 11.5 Å². The van der Waals surface area contributed by atoms with E-state index in [0.29, 0.717) is 18.8 Å². The number of pyridine rings is 1. The van der Waals surface area contributed by atoms with Gasteiger partial charge in [-0.1, -0.05) is 36.8 Å². The summed E-state index contributed by atoms with van der Waals surface area (Å²) >= 11 is 0. The number of nitrogens with zero attached hydrogens (tertiary/aromatic N) is 3. The highest BCUT2D eigenvalue weighted by molar-refractivity contribution is 5.81. The highest BCUT2D eigenvalue weighted by Gasteiger charge is 2.35. The van der Waals surface area contributed by atoms with Gasteiger partial charge in [-0.15, -0.1) is 0 Å². The lowest BCUT2D eigenvalue weighted by Gasteiger charge is -2.20. The van der Waals surface area contributed by atoms with E-state index in [1.165, 1.54) is 37.9 Å². The Hall–Kier alpha value is -3.36. The Morgan fingerprint density at radius 1 is 0.971 bits per heavy atom. The van der Waals surface area contributed by atoms with Gasteiger partial charge in [0.2, 0.25) is 0 Å². The lowest BCUT2D eigenvalue weighted by molar-refractivity contribution is 0.171. The maximum absolute atomic E-state index is 10.1. The average Bonchev–Trinajstić information content (AvgIpc) is 3.46. The molecule has 2 unspecified atom stereocenters. The third kappa shape index (κ3) is 3.82. The SMILES string of the molecule is Cc1nc(-c2cccc(-c3ccc4c(c3)OCCO4)c2C#N)ccc1CN1CC2CCCC2C1. The second-order valence-corrected chi connectivity index (χ2v) is 9.78. The van der Waals surface area contributed by atoms with E-state index in [-0.39, 0.29) is 0 Å². The van der Waals surface area contributed by atoms with Crippen LogP contribution in [0.15, 0.2) is 48.5 Å². The summed E-state index contributed by atoms with van der Waals surface area (Å²) in [6.45, 7) is 6.60. The minimum atomic E-state index is 0.538. The van der Waals surface area contributed by atoms with Crippen LogP contribution in [-0.4, -0.2) is 36.2 Å². The molecule has 1 aliphatic carbocycles. The molecule has 1 saturated heterocycles. The van der Waals surface area contributed by atoms with Gasteiger partial charge in [0.05, 0.1) is 11.3 Å². The quantitative estimate of drug-likeness (QED) is 0.517. The third-order valence-corrected chi connectivity index (χ3v) is 7.70. The number of benzene rings is 2. The van der Waals surface area contributed by atoms with Crippen molar-refractivity contribution < 1.29 is 9.47 Å². The van der Waals surface area contributed by atoms with Gasteiger partial charge in [-0.3, -0.25) is 9.88 Å². The van der Waals surface area contributed by atoms with Gasteiger partial charge < -0.3 is 9.47 Å². The number of ether oxygens (including phenoxy) is 2. The fraction of sp³-hybridized carbons (Fsp3) is 0.379. The van der Waals surface area contributed by atoms with Gasteiger partial charge in [-0.05, 0) is 60.9 Å². The van der Waals surface area contributed by atoms with Crippen LogP contribution in [0.4, 0.5) is 0 Å². The number of nitriles is 1. The predicted molar refractivity (Wildman–Crippen MR) is 132 cm³/mol. The molecular formula is C29H29N3O2. The van der Waals surface area contributed by atoms with E-state index in [1.54, 1.807) is 0 Å². The number of fused-ring (bicyclic) bond motifs is 2. The molecule has 6 rings (SSSR count). The standard InChI is InChI=1S/C29H29N3O2/c1-19-21(16-32-17-22-4-2-5-23(22)18-32)8-10-27(31-19)25-7-3-6-24(26(25)15-30)20-9-11-28-29(14-20)34-13-12-33-28/h3,6-11,14,22-23H,2,4-5,12-13,16-18H2,1H3. The molecule has 2 aliphatic heterocycles. The monoisotopic (exact) mass is 451 g/mol. The van der Waals surface area contributed by atoms with Gasteiger partial charge in [0.25, 0.3) is 0 Å². The fourth-order valence-corrected chi connectivity index (χ4v) is 5.95. The molecule has 5 heteroatoms. The summed E-state index contributed by atoms with van der Waals surface area (Å²) in [4.78, 5) is 7.55. The van der Waals surface area contributed by atoms with Crippen molar-refractivity contribution in [1.29, 1.82) is 5.26 Å². The van der Waals surface area contributed by atoms with Gasteiger partial charge in [0, 0.05) is 36.5 Å². The van der Waals surface area contributed by atoms with Crippen molar-refractivity contribution >= 4 is 0 Å². The van der Waals surface area contributed by atoms with Gasteiger partial charge in [0.1, 0.15) is 19.3 Å². The van der Waals surface area contributed by atoms with Crippen molar-refractivity contribution in [2.45, 2.75) is 32.7 Å². The topological polar surface area (TPSA) is 58.4 Å². The molecule has 0 radical (unpaired) electrons. The van der Waals surface area contributed by atoms with Crippen molar-refractivity contribution in [3.05, 3.63) is 65.4 Å². The second kappa shape index (κ2) is 8.77. The largest absolute Gasteiger partial charge is 0.486 e. The van der Waals surface area contributed by atoms with E-state index in [1.807, 2.05) is 36.4 Å². The molecule has 3 heterocycles. The molecule has 34 heavy (non-hydrogen) atoms. The van der Waals surface area contributed by atoms with Crippen LogP contribution in [0, 0.1) is 30.1 Å². The summed E-state index contributed by atoms with van der Waals surface area (Å²) in [5.41, 5.74) is 6.48. The summed E-state index contributed by atoms with van der Waals surface area (Å²) in [7, 11) is 0. The van der Waals surface area contributed by atoms with Crippen LogP contribution >= 0.6 is 0 Å². The van der Waals surface area contributed by atoms with Crippen molar-refractivity contribution in [2.75, 3.05) is 26.3 Å². The molecule has 0 spiro atoms. The van der Waals surface area contributed by atoms with Gasteiger partial charge >= 0.3 is 0 Å². The Morgan fingerprint density at radius 3 is 2.50 bits per heavy atom. The molecule has 0 N–H and O–H groups in total. The van der Waals surface area contributed by atoms with Crippen LogP contribution in [-0.2, 0) is 6.54 Å². The minimum absolute atomic E-state index is 0.538. The first-order valence-corrected chi connectivity index (χ1v) is 12.3. The number of likely N-dealkylation sites (tertiary alicyclic amines) is 1. The predicted octanol–water partition coefficient (Wildman–Crippen LogP) is 5.60. The lowest BCUT2D eigenvalue weighted by Crippen LogP contribution is -2.21. The molecule has 5 nitrogen and oxygen atoms in total. The first kappa shape index (κ1) is 21.2. The summed E-state index contributed by atoms with van der Waals surface area (Å²) in [6, 6.07) is 18.5. The van der Waals surface area contributed by atoms with Crippen LogP contribution in [0.25, 0.3) is 22.4 Å². The normalized spacial score (nSPS) is 21.3. The molecule has 3 aliphatic rings. The summed E-state index contributed by atoms with van der Waals surface area (Å²) in [5.74, 6) is 3.27. The van der Waals surface area contributed by atoms with E-state index < -0.39 is 0 Å². The van der Waals surface area contributed by atoms with Crippen molar-refractivity contribution in [1.82, 2.24) is 9.88 Å². The Morgan fingerprint density at radius 2 is 1.74 bits per heavy atom. The lowest BCUT2D eigenvalue weighted by atomic mass is 9.94. The molecule has 2 fully saturated rings. The average molecular weight is 452 g/mol. The van der Waals surface area contributed by atoms with E-state index in [9.17, 15) is 5.26 Å². The highest BCUT2D eigenvalue weighted by atomic mass is 16.6. The molecule has 0 amide bonds. The van der Waals surface area contributed by atoms with Crippen LogP contribution in [0.3, 0.4) is 0 Å². The molecular weight excluding hydrogens is 422 g/mol. The maximum Gasteiger partial charge on any atom is 0.161 e. The number of hydrogen-bond donors (Lipinski definition) is 0. The number of aromatic nitrogens is 1. The summed E-state index contributed by atoms with van der Waals surface area (Å²) in [5, 5.41) is 10.1. The van der Waals surface area contributed by atoms with Crippen LogP contribution < -0.4 is 9.47 Å². The summed E-state index contributed by atoms with van der Waals surface area (Å²) in [6.07, 6.45) is 4.20.